The molecule has 8 heteroatoms. The summed E-state index contributed by atoms with van der Waals surface area (Å²) in [7, 11) is 0. The summed E-state index contributed by atoms with van der Waals surface area (Å²) in [5, 5.41) is 13.9. The molecule has 28 heavy (non-hydrogen) atoms. The van der Waals surface area contributed by atoms with Crippen LogP contribution in [0.25, 0.3) is 0 Å². The van der Waals surface area contributed by atoms with Crippen molar-refractivity contribution in [1.29, 1.82) is 0 Å². The largest absolute Gasteiger partial charge is 0.482 e. The fourth-order valence-corrected chi connectivity index (χ4v) is 2.36. The topological polar surface area (TPSA) is 105 Å². The van der Waals surface area contributed by atoms with Gasteiger partial charge in [0, 0.05) is 11.3 Å². The molecule has 2 aromatic rings. The Balaban J connectivity index is 2.01. The van der Waals surface area contributed by atoms with Gasteiger partial charge in [-0.2, -0.15) is 0 Å². The fourth-order valence-electron chi connectivity index (χ4n) is 2.36. The van der Waals surface area contributed by atoms with Crippen LogP contribution in [0.2, 0.25) is 0 Å². The second kappa shape index (κ2) is 9.50. The van der Waals surface area contributed by atoms with Crippen LogP contribution in [0.3, 0.4) is 0 Å². The summed E-state index contributed by atoms with van der Waals surface area (Å²) in [6.45, 7) is 3.12. The third-order valence-electron chi connectivity index (χ3n) is 3.83. The van der Waals surface area contributed by atoms with Gasteiger partial charge in [-0.3, -0.25) is 9.59 Å². The lowest BCUT2D eigenvalue weighted by atomic mass is 10.0. The molecule has 1 atom stereocenters. The number of rotatable bonds is 8. The van der Waals surface area contributed by atoms with Crippen molar-refractivity contribution in [3.05, 3.63) is 59.9 Å². The number of ether oxygens (including phenoxy) is 1. The fraction of sp³-hybridized carbons (Fsp3) is 0.250. The van der Waals surface area contributed by atoms with Gasteiger partial charge in [0.25, 0.3) is 5.91 Å². The van der Waals surface area contributed by atoms with Crippen LogP contribution in [-0.4, -0.2) is 35.5 Å². The third kappa shape index (κ3) is 6.08. The van der Waals surface area contributed by atoms with Gasteiger partial charge in [0.2, 0.25) is 5.91 Å². The van der Waals surface area contributed by atoms with E-state index in [1.54, 1.807) is 26.0 Å². The van der Waals surface area contributed by atoms with Crippen molar-refractivity contribution in [2.24, 2.45) is 5.92 Å². The molecule has 0 fully saturated rings. The maximum absolute atomic E-state index is 13.0. The number of benzene rings is 2. The highest BCUT2D eigenvalue weighted by molar-refractivity contribution is 6.01. The van der Waals surface area contributed by atoms with Gasteiger partial charge in [0.05, 0.1) is 0 Å². The van der Waals surface area contributed by atoms with E-state index in [9.17, 15) is 18.8 Å². The third-order valence-corrected chi connectivity index (χ3v) is 3.83. The summed E-state index contributed by atoms with van der Waals surface area (Å²) in [5.41, 5.74) is 0.717. The van der Waals surface area contributed by atoms with Gasteiger partial charge in [0.15, 0.2) is 6.61 Å². The van der Waals surface area contributed by atoms with E-state index in [1.807, 2.05) is 0 Å². The standard InChI is InChI=1S/C20H21FN2O5/c1-12(2)18(23-19(26)13-3-5-14(21)6-4-13)20(27)22-15-7-9-16(10-8-15)28-11-17(24)25/h3-10,12,18H,11H2,1-2H3,(H,22,27)(H,23,26)(H,24,25). The molecular weight excluding hydrogens is 367 g/mol. The average molecular weight is 388 g/mol. The van der Waals surface area contributed by atoms with Crippen LogP contribution in [0.15, 0.2) is 48.5 Å². The molecule has 0 bridgehead atoms. The Bertz CT molecular complexity index is 835. The van der Waals surface area contributed by atoms with E-state index in [0.717, 1.165) is 0 Å². The van der Waals surface area contributed by atoms with Crippen LogP contribution in [0.1, 0.15) is 24.2 Å². The van der Waals surface area contributed by atoms with E-state index in [-0.39, 0.29) is 11.5 Å². The summed E-state index contributed by atoms with van der Waals surface area (Å²) >= 11 is 0. The maximum atomic E-state index is 13.0. The van der Waals surface area contributed by atoms with Gasteiger partial charge in [-0.25, -0.2) is 9.18 Å². The predicted octanol–water partition coefficient (Wildman–Crippen LogP) is 2.68. The molecule has 2 rings (SSSR count). The van der Waals surface area contributed by atoms with Gasteiger partial charge in [-0.05, 0) is 54.4 Å². The second-order valence-corrected chi connectivity index (χ2v) is 6.40. The zero-order valence-corrected chi connectivity index (χ0v) is 15.4. The zero-order valence-electron chi connectivity index (χ0n) is 15.4. The van der Waals surface area contributed by atoms with Gasteiger partial charge in [0.1, 0.15) is 17.6 Å². The Morgan fingerprint density at radius 3 is 2.18 bits per heavy atom. The minimum absolute atomic E-state index is 0.192. The van der Waals surface area contributed by atoms with Gasteiger partial charge < -0.3 is 20.5 Å². The number of aliphatic carboxylic acids is 1. The first-order valence-electron chi connectivity index (χ1n) is 8.58. The molecule has 7 nitrogen and oxygen atoms in total. The van der Waals surface area contributed by atoms with E-state index >= 15 is 0 Å². The minimum Gasteiger partial charge on any atom is -0.482 e. The van der Waals surface area contributed by atoms with Crippen LogP contribution in [0, 0.1) is 11.7 Å². The van der Waals surface area contributed by atoms with Crippen molar-refractivity contribution >= 4 is 23.5 Å². The van der Waals surface area contributed by atoms with Gasteiger partial charge in [-0.1, -0.05) is 13.8 Å². The molecule has 1 unspecified atom stereocenters. The van der Waals surface area contributed by atoms with Crippen molar-refractivity contribution in [3.63, 3.8) is 0 Å². The number of carbonyl (C=O) groups is 3. The Labute approximate surface area is 161 Å². The molecular formula is C20H21FN2O5. The van der Waals surface area contributed by atoms with Crippen LogP contribution in [0.4, 0.5) is 10.1 Å². The zero-order chi connectivity index (χ0) is 20.7. The number of carboxylic acids is 1. The van der Waals surface area contributed by atoms with Gasteiger partial charge in [-0.15, -0.1) is 0 Å². The van der Waals surface area contributed by atoms with Crippen LogP contribution in [0.5, 0.6) is 5.75 Å². The van der Waals surface area contributed by atoms with Crippen molar-refractivity contribution in [2.45, 2.75) is 19.9 Å². The van der Waals surface area contributed by atoms with Crippen LogP contribution >= 0.6 is 0 Å². The number of nitrogens with one attached hydrogen (secondary N) is 2. The van der Waals surface area contributed by atoms with Crippen LogP contribution in [-0.2, 0) is 9.59 Å². The Hall–Kier alpha value is -3.42. The average Bonchev–Trinajstić information content (AvgIpc) is 2.65. The molecule has 3 N–H and O–H groups in total. The smallest absolute Gasteiger partial charge is 0.341 e. The molecule has 0 aliphatic carbocycles. The SMILES string of the molecule is CC(C)C(NC(=O)c1ccc(F)cc1)C(=O)Nc1ccc(OCC(=O)O)cc1. The Morgan fingerprint density at radius 1 is 1.04 bits per heavy atom. The molecule has 0 aliphatic heterocycles. The van der Waals surface area contributed by atoms with E-state index in [2.05, 4.69) is 10.6 Å². The van der Waals surface area contributed by atoms with Crippen molar-refractivity contribution < 1.29 is 28.6 Å². The first-order valence-corrected chi connectivity index (χ1v) is 8.58. The lowest BCUT2D eigenvalue weighted by molar-refractivity contribution is -0.139. The number of amides is 2. The minimum atomic E-state index is -1.09. The summed E-state index contributed by atoms with van der Waals surface area (Å²) in [5.74, 6) is -2.27. The number of hydrogen-bond donors (Lipinski definition) is 3. The first-order chi connectivity index (χ1) is 13.3. The molecule has 0 aliphatic rings. The van der Waals surface area contributed by atoms with E-state index < -0.39 is 36.2 Å². The lowest BCUT2D eigenvalue weighted by Gasteiger charge is -2.22. The molecule has 0 aromatic heterocycles. The number of halogens is 1. The highest BCUT2D eigenvalue weighted by atomic mass is 19.1. The molecule has 2 amide bonds. The number of hydrogen-bond acceptors (Lipinski definition) is 4. The summed E-state index contributed by atoms with van der Waals surface area (Å²) in [4.78, 5) is 35.4. The van der Waals surface area contributed by atoms with Crippen molar-refractivity contribution in [2.75, 3.05) is 11.9 Å². The predicted molar refractivity (Wildman–Crippen MR) is 101 cm³/mol. The molecule has 0 heterocycles. The highest BCUT2D eigenvalue weighted by Crippen LogP contribution is 2.17. The summed E-state index contributed by atoms with van der Waals surface area (Å²) < 4.78 is 18.0. The first kappa shape index (κ1) is 20.9. The highest BCUT2D eigenvalue weighted by Gasteiger charge is 2.24. The van der Waals surface area contributed by atoms with Crippen molar-refractivity contribution in [3.8, 4) is 5.75 Å². The molecule has 0 spiro atoms. The molecule has 0 radical (unpaired) electrons. The van der Waals surface area contributed by atoms with E-state index in [4.69, 9.17) is 9.84 Å². The lowest BCUT2D eigenvalue weighted by Crippen LogP contribution is -2.47. The summed E-state index contributed by atoms with van der Waals surface area (Å²) in [6, 6.07) is 10.4. The monoisotopic (exact) mass is 388 g/mol. The second-order valence-electron chi connectivity index (χ2n) is 6.40. The quantitative estimate of drug-likeness (QED) is 0.645. The molecule has 0 saturated heterocycles. The normalized spacial score (nSPS) is 11.6. The Morgan fingerprint density at radius 2 is 1.64 bits per heavy atom. The summed E-state index contributed by atoms with van der Waals surface area (Å²) in [6.07, 6.45) is 0. The maximum Gasteiger partial charge on any atom is 0.341 e. The van der Waals surface area contributed by atoms with E-state index in [0.29, 0.717) is 11.4 Å². The molecule has 0 saturated carbocycles. The van der Waals surface area contributed by atoms with E-state index in [1.165, 1.54) is 36.4 Å². The molecule has 2 aromatic carbocycles. The number of anilines is 1. The number of carbonyl (C=O) groups excluding carboxylic acids is 2. The number of carboxylic acid groups (broad SMARTS) is 1. The van der Waals surface area contributed by atoms with Crippen molar-refractivity contribution in [1.82, 2.24) is 5.32 Å². The van der Waals surface area contributed by atoms with Gasteiger partial charge >= 0.3 is 5.97 Å². The molecule has 148 valence electrons. The van der Waals surface area contributed by atoms with Crippen LogP contribution < -0.4 is 15.4 Å². The Kier molecular flexibility index (Phi) is 7.08.